The third-order valence-corrected chi connectivity index (χ3v) is 14.3. The SMILES string of the molecule is CC/C=C/[C@@](OCC)(C1CCC1CN1C[C@@]2(CCCc3cc(Cl)ccc32)COc2ccc(C(=O)NS(=O)C(C)CCOC)cc21)N1CCN(C(C)(C)C)CC1. The smallest absolute Gasteiger partial charge is 0.263 e. The highest BCUT2D eigenvalue weighted by Gasteiger charge is 2.52. The minimum atomic E-state index is -1.54. The second kappa shape index (κ2) is 18.0. The molecule has 2 aromatic rings. The molecule has 6 rings (SSSR count). The molecule has 1 saturated heterocycles. The molecule has 55 heavy (non-hydrogen) atoms. The molecule has 11 heteroatoms. The maximum Gasteiger partial charge on any atom is 0.263 e. The van der Waals surface area contributed by atoms with E-state index in [0.29, 0.717) is 43.6 Å². The van der Waals surface area contributed by atoms with E-state index < -0.39 is 16.7 Å². The van der Waals surface area contributed by atoms with Crippen LogP contribution in [0.15, 0.2) is 48.6 Å². The Bertz CT molecular complexity index is 1690. The Morgan fingerprint density at radius 1 is 1.11 bits per heavy atom. The number of allylic oxidation sites excluding steroid dienone is 1. The van der Waals surface area contributed by atoms with Crippen LogP contribution in [0, 0.1) is 11.8 Å². The molecule has 0 radical (unpaired) electrons. The predicted molar refractivity (Wildman–Crippen MR) is 225 cm³/mol. The van der Waals surface area contributed by atoms with Crippen LogP contribution in [-0.4, -0.2) is 103 Å². The van der Waals surface area contributed by atoms with Crippen molar-refractivity contribution in [3.63, 3.8) is 0 Å². The lowest BCUT2D eigenvalue weighted by molar-refractivity contribution is -0.197. The van der Waals surface area contributed by atoms with Gasteiger partial charge in [-0.1, -0.05) is 30.7 Å². The molecule has 4 aliphatic rings. The van der Waals surface area contributed by atoms with Crippen molar-refractivity contribution in [1.29, 1.82) is 0 Å². The maximum absolute atomic E-state index is 13.7. The summed E-state index contributed by atoms with van der Waals surface area (Å²) in [7, 11) is 0.0853. The van der Waals surface area contributed by atoms with Gasteiger partial charge in [0.05, 0.1) is 17.5 Å². The Kier molecular flexibility index (Phi) is 13.8. The highest BCUT2D eigenvalue weighted by atomic mass is 35.5. The van der Waals surface area contributed by atoms with Crippen LogP contribution in [0.2, 0.25) is 5.02 Å². The second-order valence-electron chi connectivity index (χ2n) is 17.2. The van der Waals surface area contributed by atoms with Gasteiger partial charge >= 0.3 is 0 Å². The van der Waals surface area contributed by atoms with Gasteiger partial charge in [0.25, 0.3) is 5.91 Å². The minimum Gasteiger partial charge on any atom is -0.490 e. The van der Waals surface area contributed by atoms with Crippen LogP contribution in [0.3, 0.4) is 0 Å². The first-order valence-corrected chi connectivity index (χ1v) is 22.3. The van der Waals surface area contributed by atoms with E-state index in [4.69, 9.17) is 25.8 Å². The summed E-state index contributed by atoms with van der Waals surface area (Å²) in [6.07, 6.45) is 11.5. The minimum absolute atomic E-state index is 0.132. The van der Waals surface area contributed by atoms with Gasteiger partial charge in [0.2, 0.25) is 0 Å². The quantitative estimate of drug-likeness (QED) is 0.194. The number of benzene rings is 2. The van der Waals surface area contributed by atoms with Crippen molar-refractivity contribution in [3.05, 3.63) is 70.3 Å². The fourth-order valence-corrected chi connectivity index (χ4v) is 10.5. The Balaban J connectivity index is 1.34. The van der Waals surface area contributed by atoms with Crippen molar-refractivity contribution in [2.75, 3.05) is 71.1 Å². The Labute approximate surface area is 338 Å². The van der Waals surface area contributed by atoms with E-state index in [1.165, 1.54) is 11.1 Å². The molecule has 0 bridgehead atoms. The third kappa shape index (κ3) is 9.15. The molecule has 0 aromatic heterocycles. The van der Waals surface area contributed by atoms with Crippen LogP contribution in [0.5, 0.6) is 5.75 Å². The van der Waals surface area contributed by atoms with Gasteiger partial charge in [0.15, 0.2) is 0 Å². The number of carbonyl (C=O) groups is 1. The fourth-order valence-electron chi connectivity index (χ4n) is 9.47. The van der Waals surface area contributed by atoms with E-state index in [1.807, 2.05) is 25.1 Å². The van der Waals surface area contributed by atoms with Crippen LogP contribution in [0.1, 0.15) is 102 Å². The summed E-state index contributed by atoms with van der Waals surface area (Å²) >= 11 is 6.54. The van der Waals surface area contributed by atoms with Gasteiger partial charge in [-0.25, -0.2) is 4.21 Å². The van der Waals surface area contributed by atoms with E-state index >= 15 is 0 Å². The molecule has 1 N–H and O–H groups in total. The van der Waals surface area contributed by atoms with Crippen LogP contribution in [0.25, 0.3) is 0 Å². The summed E-state index contributed by atoms with van der Waals surface area (Å²) in [6.45, 7) is 20.3. The Morgan fingerprint density at radius 2 is 1.87 bits per heavy atom. The van der Waals surface area contributed by atoms with Gasteiger partial charge in [-0.2, -0.15) is 0 Å². The van der Waals surface area contributed by atoms with E-state index in [9.17, 15) is 9.00 Å². The molecule has 1 spiro atoms. The Morgan fingerprint density at radius 3 is 2.55 bits per heavy atom. The van der Waals surface area contributed by atoms with Crippen molar-refractivity contribution in [2.45, 2.75) is 108 Å². The summed E-state index contributed by atoms with van der Waals surface area (Å²) in [5.74, 6) is 1.09. The van der Waals surface area contributed by atoms with E-state index in [-0.39, 0.29) is 22.1 Å². The van der Waals surface area contributed by atoms with Gasteiger partial charge in [0, 0.05) is 87.1 Å². The van der Waals surface area contributed by atoms with Gasteiger partial charge < -0.3 is 19.1 Å². The first-order chi connectivity index (χ1) is 26.3. The normalized spacial score (nSPS) is 25.6. The molecule has 9 nitrogen and oxygen atoms in total. The summed E-state index contributed by atoms with van der Waals surface area (Å²) in [5.41, 5.74) is 3.42. The molecule has 2 fully saturated rings. The van der Waals surface area contributed by atoms with E-state index in [2.05, 4.69) is 78.3 Å². The van der Waals surface area contributed by atoms with Crippen molar-refractivity contribution in [2.24, 2.45) is 11.8 Å². The number of nitrogens with one attached hydrogen (secondary N) is 1. The molecule has 2 aromatic carbocycles. The molecule has 1 amide bonds. The van der Waals surface area contributed by atoms with E-state index in [1.54, 1.807) is 13.2 Å². The molecule has 4 unspecified atom stereocenters. The number of ether oxygens (including phenoxy) is 3. The van der Waals surface area contributed by atoms with Crippen LogP contribution >= 0.6 is 11.6 Å². The van der Waals surface area contributed by atoms with Gasteiger partial charge in [-0.05, 0) is 133 Å². The highest BCUT2D eigenvalue weighted by Crippen LogP contribution is 2.50. The lowest BCUT2D eigenvalue weighted by atomic mass is 9.66. The molecular weight excluding hydrogens is 732 g/mol. The van der Waals surface area contributed by atoms with Gasteiger partial charge in [-0.3, -0.25) is 19.3 Å². The molecule has 2 heterocycles. The van der Waals surface area contributed by atoms with Crippen LogP contribution in [0.4, 0.5) is 5.69 Å². The van der Waals surface area contributed by atoms with Gasteiger partial charge in [0.1, 0.15) is 22.5 Å². The number of anilines is 1. The Hall–Kier alpha value is -2.47. The number of hydrogen-bond acceptors (Lipinski definition) is 8. The predicted octanol–water partition coefficient (Wildman–Crippen LogP) is 7.77. The molecule has 1 saturated carbocycles. The number of piperazine rings is 1. The summed E-state index contributed by atoms with van der Waals surface area (Å²) in [4.78, 5) is 21.4. The lowest BCUT2D eigenvalue weighted by Crippen LogP contribution is -2.66. The topological polar surface area (TPSA) is 83.6 Å². The average molecular weight is 798 g/mol. The fraction of sp³-hybridized carbons (Fsp3) is 0.659. The zero-order valence-electron chi connectivity index (χ0n) is 34.3. The number of nitrogens with zero attached hydrogens (tertiary/aromatic N) is 3. The number of rotatable bonds is 14. The number of aryl methyl sites for hydroxylation is 1. The number of fused-ring (bicyclic) bond motifs is 3. The summed E-state index contributed by atoms with van der Waals surface area (Å²) in [6, 6.07) is 12.1. The first kappa shape index (κ1) is 42.1. The second-order valence-corrected chi connectivity index (χ2v) is 19.2. The molecule has 6 atom stereocenters. The zero-order valence-corrected chi connectivity index (χ0v) is 35.9. The number of carbonyl (C=O) groups excluding carboxylic acids is 1. The number of amides is 1. The van der Waals surface area contributed by atoms with Crippen LogP contribution in [-0.2, 0) is 32.3 Å². The van der Waals surface area contributed by atoms with Crippen molar-refractivity contribution >= 4 is 34.2 Å². The maximum atomic E-state index is 13.7. The largest absolute Gasteiger partial charge is 0.490 e. The lowest BCUT2D eigenvalue weighted by Gasteiger charge is -2.56. The van der Waals surface area contributed by atoms with E-state index in [0.717, 1.165) is 94.3 Å². The first-order valence-electron chi connectivity index (χ1n) is 20.7. The van der Waals surface area contributed by atoms with Crippen molar-refractivity contribution < 1.29 is 23.2 Å². The standard InChI is InChI=1S/C44H65ClN4O5S/c1-8-10-21-44(54-9-2,49-24-22-48(23-25-49)42(4,5)6)38-16-13-35(38)29-47-30-43(20-11-12-33-27-36(45)15-17-37(33)43)31-53-40-18-14-34(28-39(40)47)41(50)46-55(51)32(3)19-26-52-7/h10,14-15,17-18,21,27-28,32,35,38H,8-9,11-13,16,19-20,22-26,29-31H2,1-7H3,(H,46,50)/b21-10+/t32?,35?,38?,43-,44+,55?/m0/s1. The molecule has 2 aliphatic carbocycles. The van der Waals surface area contributed by atoms with Crippen molar-refractivity contribution in [3.8, 4) is 5.75 Å². The molecule has 304 valence electrons. The average Bonchev–Trinajstić information content (AvgIpc) is 3.30. The number of halogens is 1. The van der Waals surface area contributed by atoms with Gasteiger partial charge in [-0.15, -0.1) is 0 Å². The van der Waals surface area contributed by atoms with Crippen molar-refractivity contribution in [1.82, 2.24) is 14.5 Å². The number of methoxy groups -OCH3 is 1. The summed E-state index contributed by atoms with van der Waals surface area (Å²) < 4.78 is 34.8. The monoisotopic (exact) mass is 796 g/mol. The third-order valence-electron chi connectivity index (χ3n) is 12.7. The van der Waals surface area contributed by atoms with Crippen LogP contribution < -0.4 is 14.4 Å². The molecule has 2 aliphatic heterocycles. The highest BCUT2D eigenvalue weighted by molar-refractivity contribution is 7.84. The molecular formula is C44H65ClN4O5S. The zero-order chi connectivity index (χ0) is 39.4. The number of hydrogen-bond donors (Lipinski definition) is 1. The summed E-state index contributed by atoms with van der Waals surface area (Å²) in [5, 5.41) is 0.534.